The number of rotatable bonds is 3. The molecule has 0 saturated carbocycles. The van der Waals surface area contributed by atoms with Crippen molar-refractivity contribution in [1.29, 1.82) is 0 Å². The summed E-state index contributed by atoms with van der Waals surface area (Å²) in [4.78, 5) is 30.7. The van der Waals surface area contributed by atoms with Gasteiger partial charge in [0.05, 0.1) is 12.3 Å². The largest absolute Gasteiger partial charge is 0.467 e. The molecule has 5 heteroatoms. The van der Waals surface area contributed by atoms with Gasteiger partial charge in [0.15, 0.2) is 0 Å². The van der Waals surface area contributed by atoms with Crippen molar-refractivity contribution in [3.8, 4) is 0 Å². The molecule has 2 aliphatic heterocycles. The van der Waals surface area contributed by atoms with Crippen LogP contribution in [0, 0.1) is 11.8 Å². The average Bonchev–Trinajstić information content (AvgIpc) is 3.38. The van der Waals surface area contributed by atoms with Gasteiger partial charge in [-0.15, -0.1) is 0 Å². The zero-order valence-corrected chi connectivity index (χ0v) is 18.6. The third-order valence-electron chi connectivity index (χ3n) is 7.17. The fourth-order valence-electron chi connectivity index (χ4n) is 5.30. The summed E-state index contributed by atoms with van der Waals surface area (Å²) in [6, 6.07) is 17.8. The number of amides is 2. The van der Waals surface area contributed by atoms with E-state index in [0.29, 0.717) is 31.8 Å². The van der Waals surface area contributed by atoms with Crippen LogP contribution in [0.2, 0.25) is 0 Å². The van der Waals surface area contributed by atoms with Crippen LogP contribution in [0.5, 0.6) is 0 Å². The molecule has 32 heavy (non-hydrogen) atoms. The number of carbonyl (C=O) groups is 2. The van der Waals surface area contributed by atoms with Crippen molar-refractivity contribution >= 4 is 22.6 Å². The van der Waals surface area contributed by atoms with Crippen LogP contribution in [-0.2, 0) is 4.79 Å². The normalized spacial score (nSPS) is 22.3. The van der Waals surface area contributed by atoms with Gasteiger partial charge in [-0.05, 0) is 60.6 Å². The van der Waals surface area contributed by atoms with Crippen LogP contribution in [0.3, 0.4) is 0 Å². The van der Waals surface area contributed by atoms with Gasteiger partial charge in [-0.1, -0.05) is 43.3 Å². The molecule has 2 saturated heterocycles. The molecule has 2 fully saturated rings. The predicted octanol–water partition coefficient (Wildman–Crippen LogP) is 5.28. The van der Waals surface area contributed by atoms with Crippen LogP contribution >= 0.6 is 0 Å². The van der Waals surface area contributed by atoms with E-state index in [1.54, 1.807) is 6.26 Å². The lowest BCUT2D eigenvalue weighted by Gasteiger charge is -2.41. The highest BCUT2D eigenvalue weighted by atomic mass is 16.3. The van der Waals surface area contributed by atoms with Gasteiger partial charge in [0.2, 0.25) is 5.91 Å². The van der Waals surface area contributed by atoms with Gasteiger partial charge < -0.3 is 14.2 Å². The average molecular weight is 431 g/mol. The summed E-state index contributed by atoms with van der Waals surface area (Å²) < 4.78 is 5.67. The molecule has 0 aliphatic carbocycles. The fraction of sp³-hybridized carbons (Fsp3) is 0.407. The van der Waals surface area contributed by atoms with E-state index in [0.717, 1.165) is 41.5 Å². The Morgan fingerprint density at radius 3 is 2.47 bits per heavy atom. The zero-order chi connectivity index (χ0) is 22.1. The minimum absolute atomic E-state index is 0.0246. The number of hydrogen-bond donors (Lipinski definition) is 0. The van der Waals surface area contributed by atoms with E-state index < -0.39 is 0 Å². The van der Waals surface area contributed by atoms with Crippen molar-refractivity contribution < 1.29 is 14.0 Å². The third kappa shape index (κ3) is 3.92. The first-order chi connectivity index (χ1) is 15.6. The maximum atomic E-state index is 13.5. The maximum Gasteiger partial charge on any atom is 0.254 e. The van der Waals surface area contributed by atoms with Crippen molar-refractivity contribution in [2.45, 2.75) is 38.6 Å². The summed E-state index contributed by atoms with van der Waals surface area (Å²) in [5.41, 5.74) is 0.746. The van der Waals surface area contributed by atoms with Crippen LogP contribution in [-0.4, -0.2) is 41.2 Å². The molecule has 1 aromatic heterocycles. The lowest BCUT2D eigenvalue weighted by Crippen LogP contribution is -2.47. The van der Waals surface area contributed by atoms with Gasteiger partial charge in [-0.2, -0.15) is 0 Å². The molecule has 2 atom stereocenters. The fourth-order valence-corrected chi connectivity index (χ4v) is 5.30. The van der Waals surface area contributed by atoms with Gasteiger partial charge >= 0.3 is 0 Å². The second-order valence-corrected chi connectivity index (χ2v) is 9.29. The van der Waals surface area contributed by atoms with Gasteiger partial charge in [0.1, 0.15) is 5.76 Å². The molecule has 2 aromatic carbocycles. The van der Waals surface area contributed by atoms with Crippen molar-refractivity contribution in [1.82, 2.24) is 9.80 Å². The molecular weight excluding hydrogens is 400 g/mol. The van der Waals surface area contributed by atoms with E-state index in [1.807, 2.05) is 64.4 Å². The van der Waals surface area contributed by atoms with Gasteiger partial charge in [0.25, 0.3) is 5.91 Å². The Kier molecular flexibility index (Phi) is 5.73. The second-order valence-electron chi connectivity index (χ2n) is 9.29. The van der Waals surface area contributed by atoms with Crippen molar-refractivity contribution in [2.24, 2.45) is 11.8 Å². The monoisotopic (exact) mass is 430 g/mol. The lowest BCUT2D eigenvalue weighted by molar-refractivity contribution is -0.142. The minimum Gasteiger partial charge on any atom is -0.467 e. The molecule has 0 bridgehead atoms. The zero-order valence-electron chi connectivity index (χ0n) is 18.6. The van der Waals surface area contributed by atoms with Crippen LogP contribution in [0.1, 0.15) is 54.8 Å². The molecule has 3 aromatic rings. The van der Waals surface area contributed by atoms with E-state index >= 15 is 0 Å². The van der Waals surface area contributed by atoms with Crippen LogP contribution in [0.4, 0.5) is 0 Å². The summed E-state index contributed by atoms with van der Waals surface area (Å²) >= 11 is 0. The SMILES string of the molecule is C[C@H]1CCN(C(=O)C2CCN(C(=O)c3cccc4ccccc34)CC2)[C@@H](c2ccco2)C1. The summed E-state index contributed by atoms with van der Waals surface area (Å²) in [5.74, 6) is 1.71. The number of furan rings is 1. The summed E-state index contributed by atoms with van der Waals surface area (Å²) in [6.07, 6.45) is 5.09. The van der Waals surface area contributed by atoms with E-state index in [-0.39, 0.29) is 23.8 Å². The molecule has 3 heterocycles. The van der Waals surface area contributed by atoms with E-state index in [1.165, 1.54) is 0 Å². The van der Waals surface area contributed by atoms with Crippen LogP contribution in [0.15, 0.2) is 65.3 Å². The number of nitrogens with zero attached hydrogens (tertiary/aromatic N) is 2. The highest BCUT2D eigenvalue weighted by Gasteiger charge is 2.37. The Balaban J connectivity index is 1.27. The third-order valence-corrected chi connectivity index (χ3v) is 7.17. The number of carbonyl (C=O) groups excluding carboxylic acids is 2. The first-order valence-electron chi connectivity index (χ1n) is 11.7. The highest BCUT2D eigenvalue weighted by molar-refractivity contribution is 6.07. The predicted molar refractivity (Wildman–Crippen MR) is 124 cm³/mol. The molecule has 5 nitrogen and oxygen atoms in total. The second kappa shape index (κ2) is 8.81. The van der Waals surface area contributed by atoms with Gasteiger partial charge in [0, 0.05) is 31.1 Å². The number of likely N-dealkylation sites (tertiary alicyclic amines) is 2. The van der Waals surface area contributed by atoms with Crippen molar-refractivity contribution in [2.75, 3.05) is 19.6 Å². The summed E-state index contributed by atoms with van der Waals surface area (Å²) in [7, 11) is 0. The minimum atomic E-state index is -0.0302. The standard InChI is InChI=1S/C27H30N2O3/c1-19-11-16-29(24(18-19)25-10-5-17-32-25)26(30)21-12-14-28(15-13-21)27(31)23-9-4-7-20-6-2-3-8-22(20)23/h2-10,17,19,21,24H,11-16,18H2,1H3/t19-,24+/m0/s1. The van der Waals surface area contributed by atoms with Gasteiger partial charge in [-0.3, -0.25) is 9.59 Å². The molecule has 5 rings (SSSR count). The first kappa shape index (κ1) is 20.8. The van der Waals surface area contributed by atoms with E-state index in [2.05, 4.69) is 6.92 Å². The molecule has 0 unspecified atom stereocenters. The molecular formula is C27H30N2O3. The smallest absolute Gasteiger partial charge is 0.254 e. The Bertz CT molecular complexity index is 1090. The highest BCUT2D eigenvalue weighted by Crippen LogP contribution is 2.36. The molecule has 166 valence electrons. The van der Waals surface area contributed by atoms with Crippen molar-refractivity contribution in [3.63, 3.8) is 0 Å². The van der Waals surface area contributed by atoms with E-state index in [4.69, 9.17) is 4.42 Å². The molecule has 0 spiro atoms. The quantitative estimate of drug-likeness (QED) is 0.568. The Labute approximate surface area is 189 Å². The van der Waals surface area contributed by atoms with E-state index in [9.17, 15) is 9.59 Å². The number of benzene rings is 2. The lowest BCUT2D eigenvalue weighted by atomic mass is 9.88. The first-order valence-corrected chi connectivity index (χ1v) is 11.7. The Morgan fingerprint density at radius 1 is 0.906 bits per heavy atom. The number of hydrogen-bond acceptors (Lipinski definition) is 3. The molecule has 2 aliphatic rings. The summed E-state index contributed by atoms with van der Waals surface area (Å²) in [5, 5.41) is 2.06. The Hall–Kier alpha value is -3.08. The van der Waals surface area contributed by atoms with Crippen molar-refractivity contribution in [3.05, 3.63) is 72.2 Å². The summed E-state index contributed by atoms with van der Waals surface area (Å²) in [6.45, 7) is 4.26. The topological polar surface area (TPSA) is 53.8 Å². The molecule has 2 amide bonds. The Morgan fingerprint density at radius 2 is 1.69 bits per heavy atom. The van der Waals surface area contributed by atoms with Gasteiger partial charge in [-0.25, -0.2) is 0 Å². The molecule has 0 radical (unpaired) electrons. The maximum absolute atomic E-state index is 13.5. The number of fused-ring (bicyclic) bond motifs is 1. The number of piperidine rings is 2. The molecule has 0 N–H and O–H groups in total. The van der Waals surface area contributed by atoms with Crippen LogP contribution in [0.25, 0.3) is 10.8 Å². The van der Waals surface area contributed by atoms with Crippen LogP contribution < -0.4 is 0 Å².